The Morgan fingerprint density at radius 3 is 0.687 bits per heavy atom. The van der Waals surface area contributed by atoms with E-state index in [1.165, 1.54) is 109 Å². The van der Waals surface area contributed by atoms with E-state index in [2.05, 4.69) is 203 Å². The Morgan fingerprint density at radius 2 is 0.435 bits per heavy atom. The molecule has 0 aromatic carbocycles. The van der Waals surface area contributed by atoms with Gasteiger partial charge in [-0.25, -0.2) is 9.13 Å². The van der Waals surface area contributed by atoms with Crippen LogP contribution in [0.15, 0.2) is 182 Å². The number of carbonyl (C=O) groups is 3. The second-order valence-corrected chi connectivity index (χ2v) is 32.5. The summed E-state index contributed by atoms with van der Waals surface area (Å²) >= 11 is 0. The van der Waals surface area contributed by atoms with Gasteiger partial charge in [-0.05, 0) is 154 Å². The zero-order valence-corrected chi connectivity index (χ0v) is 73.9. The average Bonchev–Trinajstić information content (AvgIpc) is 0.872. The van der Waals surface area contributed by atoms with Crippen LogP contribution in [0.5, 0.6) is 0 Å². The Kier molecular flexibility index (Phi) is 83.9. The number of phosphoric ester groups is 2. The van der Waals surface area contributed by atoms with Crippen LogP contribution in [-0.4, -0.2) is 95.9 Å². The molecule has 0 bridgehead atoms. The van der Waals surface area contributed by atoms with Gasteiger partial charge in [0.1, 0.15) is 25.4 Å². The van der Waals surface area contributed by atoms with Crippen molar-refractivity contribution in [1.29, 1.82) is 0 Å². The van der Waals surface area contributed by atoms with Gasteiger partial charge in [-0.15, -0.1) is 0 Å². The van der Waals surface area contributed by atoms with Gasteiger partial charge in [-0.3, -0.25) is 32.5 Å². The van der Waals surface area contributed by atoms with Crippen molar-refractivity contribution in [2.75, 3.05) is 39.6 Å². The van der Waals surface area contributed by atoms with E-state index in [0.717, 1.165) is 186 Å². The molecule has 4 N–H and O–H groups in total. The maximum Gasteiger partial charge on any atom is 0.472 e. The van der Waals surface area contributed by atoms with Gasteiger partial charge in [0.15, 0.2) is 6.10 Å². The Hall–Kier alpha value is -5.35. The molecule has 0 aliphatic heterocycles. The van der Waals surface area contributed by atoms with Gasteiger partial charge >= 0.3 is 33.6 Å². The topological polar surface area (TPSA) is 231 Å². The van der Waals surface area contributed by atoms with Gasteiger partial charge < -0.3 is 34.2 Å². The predicted octanol–water partition coefficient (Wildman–Crippen LogP) is 27.7. The predicted molar refractivity (Wildman–Crippen MR) is 481 cm³/mol. The Morgan fingerprint density at radius 1 is 0.243 bits per heavy atom. The summed E-state index contributed by atoms with van der Waals surface area (Å²) in [6.07, 6.45) is 115. The van der Waals surface area contributed by atoms with E-state index in [-0.39, 0.29) is 19.3 Å². The van der Waals surface area contributed by atoms with Crippen LogP contribution in [0.4, 0.5) is 0 Å². The Bertz CT molecular complexity index is 2820. The van der Waals surface area contributed by atoms with Crippen molar-refractivity contribution in [2.24, 2.45) is 0 Å². The van der Waals surface area contributed by atoms with Crippen molar-refractivity contribution in [3.63, 3.8) is 0 Å². The molecule has 0 spiro atoms. The van der Waals surface area contributed by atoms with Crippen molar-refractivity contribution in [3.05, 3.63) is 182 Å². The summed E-state index contributed by atoms with van der Waals surface area (Å²) in [7, 11) is -9.82. The van der Waals surface area contributed by atoms with Crippen molar-refractivity contribution < 1.29 is 75.8 Å². The lowest BCUT2D eigenvalue weighted by Gasteiger charge is -2.21. The number of phosphoric acid groups is 2. The molecule has 0 fully saturated rings. The smallest absolute Gasteiger partial charge is 0.463 e. The van der Waals surface area contributed by atoms with Gasteiger partial charge in [-0.1, -0.05) is 364 Å². The van der Waals surface area contributed by atoms with Crippen molar-refractivity contribution in [2.45, 2.75) is 373 Å². The van der Waals surface area contributed by atoms with Crippen LogP contribution in [0, 0.1) is 0 Å². The number of ether oxygens (including phenoxy) is 3. The molecular weight excluding hydrogens is 1480 g/mol. The molecule has 0 aromatic heterocycles. The number of unbranched alkanes of at least 4 members (excludes halogenated alkanes) is 31. The molecule has 0 rings (SSSR count). The van der Waals surface area contributed by atoms with Crippen molar-refractivity contribution in [1.82, 2.24) is 0 Å². The van der Waals surface area contributed by atoms with Gasteiger partial charge in [0.25, 0.3) is 0 Å². The number of esters is 3. The molecule has 0 aliphatic carbocycles. The van der Waals surface area contributed by atoms with Crippen LogP contribution in [0.1, 0.15) is 355 Å². The third-order valence-corrected chi connectivity index (χ3v) is 20.5. The first-order valence-electron chi connectivity index (χ1n) is 45.1. The molecule has 656 valence electrons. The molecule has 0 aromatic rings. The maximum atomic E-state index is 13.0. The zero-order valence-electron chi connectivity index (χ0n) is 72.1. The van der Waals surface area contributed by atoms with Crippen LogP contribution in [0.3, 0.4) is 0 Å². The molecule has 16 nitrogen and oxygen atoms in total. The standard InChI is InChI=1S/C97H162O16P2/c1-4-7-10-13-16-19-22-25-28-31-33-35-37-39-41-42-43-44-45-46-47-48-50-52-53-55-57-60-62-65-68-71-74-77-80-83-95(100)107-86-92(98)87-109-114(103,104)110-88-93(99)89-111-115(105,106)112-91-94(113-97(102)85-82-79-76-73-70-67-64-59-30-27-24-21-18-15-12-9-6-3)90-108-96(101)84-81-78-75-72-69-66-63-61-58-56-54-51-49-40-38-36-34-32-29-26-23-20-17-14-11-8-5-2/h7-12,16-21,25-30,33-36,39-41,49,54,56,64,67,92-94,98-99H,4-6,13-15,22-24,31-32,37-38,42-48,50-53,55,57-63,65-66,68-91H2,1-3H3,(H,103,104)(H,105,106)/b10-7-,11-8-,12-9-,19-16-,20-17-,21-18-,28-25-,29-26-,30-27-,35-33-,36-34-,41-39-,49-40-,56-54-,67-64-. The highest BCUT2D eigenvalue weighted by Crippen LogP contribution is 2.45. The molecule has 5 atom stereocenters. The summed E-state index contributed by atoms with van der Waals surface area (Å²) in [4.78, 5) is 58.9. The molecule has 0 aliphatic rings. The summed E-state index contributed by atoms with van der Waals surface area (Å²) in [5.41, 5.74) is 0. The Balaban J connectivity index is 4.50. The molecule has 18 heteroatoms. The highest BCUT2D eigenvalue weighted by atomic mass is 31.2. The fourth-order valence-corrected chi connectivity index (χ4v) is 13.5. The zero-order chi connectivity index (χ0) is 83.6. The fourth-order valence-electron chi connectivity index (χ4n) is 11.9. The number of hydrogen-bond donors (Lipinski definition) is 4. The molecule has 0 saturated heterocycles. The summed E-state index contributed by atoms with van der Waals surface area (Å²) in [6.45, 7) is 2.32. The fraction of sp³-hybridized carbons (Fsp3) is 0.660. The monoisotopic (exact) mass is 1650 g/mol. The SMILES string of the molecule is CC/C=C\C/C=C\C/C=C\C/C=C\C/C=C\C/C=C\CCCCCCCCCCC(=O)OCC(COP(=O)(O)OCC(O)COP(=O)(O)OCC(O)COC(=O)CCCCCCCCCCCCCCCCCCCCC/C=C\C/C=C\C/C=C\C/C=C\C/C=C\CC)OC(=O)CCCCCC/C=C\C/C=C\C/C=C\C/C=C\CC. The lowest BCUT2D eigenvalue weighted by molar-refractivity contribution is -0.161. The minimum Gasteiger partial charge on any atom is -0.463 e. The third-order valence-electron chi connectivity index (χ3n) is 18.6. The molecule has 5 unspecified atom stereocenters. The number of aliphatic hydroxyl groups excluding tert-OH is 2. The lowest BCUT2D eigenvalue weighted by Crippen LogP contribution is -2.30. The minimum absolute atomic E-state index is 0.0692. The van der Waals surface area contributed by atoms with Gasteiger partial charge in [0.2, 0.25) is 0 Å². The van der Waals surface area contributed by atoms with E-state index in [9.17, 15) is 43.5 Å². The van der Waals surface area contributed by atoms with Crippen LogP contribution in [0.25, 0.3) is 0 Å². The first-order chi connectivity index (χ1) is 56.2. The Labute approximate surface area is 700 Å². The molecule has 0 saturated carbocycles. The maximum absolute atomic E-state index is 13.0. The summed E-state index contributed by atoms with van der Waals surface area (Å²) in [5, 5.41) is 20.7. The van der Waals surface area contributed by atoms with Crippen molar-refractivity contribution in [3.8, 4) is 0 Å². The number of allylic oxidation sites excluding steroid dienone is 30. The number of hydrogen-bond acceptors (Lipinski definition) is 14. The summed E-state index contributed by atoms with van der Waals surface area (Å²) in [5.74, 6) is -1.61. The second kappa shape index (κ2) is 87.9. The highest BCUT2D eigenvalue weighted by Gasteiger charge is 2.29. The first-order valence-corrected chi connectivity index (χ1v) is 48.1. The second-order valence-electron chi connectivity index (χ2n) is 29.6. The lowest BCUT2D eigenvalue weighted by atomic mass is 10.0. The highest BCUT2D eigenvalue weighted by molar-refractivity contribution is 7.47. The van der Waals surface area contributed by atoms with Gasteiger partial charge in [0, 0.05) is 19.3 Å². The van der Waals surface area contributed by atoms with Crippen LogP contribution < -0.4 is 0 Å². The van der Waals surface area contributed by atoms with Gasteiger partial charge in [-0.2, -0.15) is 0 Å². The molecule has 0 radical (unpaired) electrons. The number of rotatable bonds is 84. The van der Waals surface area contributed by atoms with E-state index in [1.54, 1.807) is 0 Å². The third kappa shape index (κ3) is 89.3. The first kappa shape index (κ1) is 110. The van der Waals surface area contributed by atoms with E-state index in [1.807, 2.05) is 0 Å². The molecule has 0 amide bonds. The largest absolute Gasteiger partial charge is 0.472 e. The van der Waals surface area contributed by atoms with E-state index in [4.69, 9.17) is 32.3 Å². The van der Waals surface area contributed by atoms with Crippen LogP contribution in [-0.2, 0) is 55.8 Å². The van der Waals surface area contributed by atoms with Crippen molar-refractivity contribution >= 4 is 33.6 Å². The van der Waals surface area contributed by atoms with E-state index < -0.39 is 91.5 Å². The number of aliphatic hydroxyl groups is 2. The molecule has 115 heavy (non-hydrogen) atoms. The van der Waals surface area contributed by atoms with Gasteiger partial charge in [0.05, 0.1) is 26.4 Å². The summed E-state index contributed by atoms with van der Waals surface area (Å²) < 4.78 is 61.4. The average molecular weight is 1650 g/mol. The van der Waals surface area contributed by atoms with E-state index >= 15 is 0 Å². The van der Waals surface area contributed by atoms with Crippen LogP contribution >= 0.6 is 15.6 Å². The quantitative estimate of drug-likeness (QED) is 0.0146. The number of carbonyl (C=O) groups excluding carboxylic acids is 3. The summed E-state index contributed by atoms with van der Waals surface area (Å²) in [6, 6.07) is 0. The minimum atomic E-state index is -4.95. The molecule has 0 heterocycles. The normalized spacial score (nSPS) is 14.7. The molecular formula is C97H162O16P2. The van der Waals surface area contributed by atoms with Crippen LogP contribution in [0.2, 0.25) is 0 Å². The van der Waals surface area contributed by atoms with E-state index in [0.29, 0.717) is 19.3 Å².